The van der Waals surface area contributed by atoms with Crippen LogP contribution >= 0.6 is 11.3 Å². The minimum atomic E-state index is -1.24. The normalized spacial score (nSPS) is 10.1. The number of thiophene rings is 1. The van der Waals surface area contributed by atoms with Crippen molar-refractivity contribution >= 4 is 33.9 Å². The summed E-state index contributed by atoms with van der Waals surface area (Å²) in [5, 5.41) is 23.5. The fraction of sp³-hybridized carbons (Fsp3) is 0. The highest BCUT2D eigenvalue weighted by Crippen LogP contribution is 2.26. The van der Waals surface area contributed by atoms with E-state index in [0.29, 0.717) is 6.07 Å². The van der Waals surface area contributed by atoms with Crippen molar-refractivity contribution in [2.45, 2.75) is 0 Å². The minimum absolute atomic E-state index is 0.0473. The fourth-order valence-electron chi connectivity index (χ4n) is 1.59. The second-order valence-corrected chi connectivity index (χ2v) is 4.76. The lowest BCUT2D eigenvalue weighted by molar-refractivity contribution is -0.385. The second-order valence-electron chi connectivity index (χ2n) is 3.84. The molecule has 9 heteroatoms. The van der Waals surface area contributed by atoms with Crippen molar-refractivity contribution in [2.24, 2.45) is 0 Å². The molecule has 21 heavy (non-hydrogen) atoms. The summed E-state index contributed by atoms with van der Waals surface area (Å²) in [6, 6.07) is 3.80. The van der Waals surface area contributed by atoms with Crippen LogP contribution < -0.4 is 5.32 Å². The lowest BCUT2D eigenvalue weighted by atomic mass is 10.1. The summed E-state index contributed by atoms with van der Waals surface area (Å²) in [5.41, 5.74) is -1.18. The zero-order valence-corrected chi connectivity index (χ0v) is 11.0. The Balaban J connectivity index is 2.35. The van der Waals surface area contributed by atoms with Crippen LogP contribution in [-0.4, -0.2) is 21.9 Å². The van der Waals surface area contributed by atoms with Crippen molar-refractivity contribution in [1.29, 1.82) is 0 Å². The van der Waals surface area contributed by atoms with Gasteiger partial charge < -0.3 is 10.4 Å². The number of anilines is 1. The number of carbonyl (C=O) groups is 2. The Morgan fingerprint density at radius 3 is 2.62 bits per heavy atom. The molecule has 1 aromatic carbocycles. The molecule has 2 rings (SSSR count). The lowest BCUT2D eigenvalue weighted by Crippen LogP contribution is -2.15. The van der Waals surface area contributed by atoms with Gasteiger partial charge in [-0.3, -0.25) is 14.9 Å². The maximum Gasteiger partial charge on any atom is 0.338 e. The first kappa shape index (κ1) is 14.6. The highest BCUT2D eigenvalue weighted by molar-refractivity contribution is 7.14. The summed E-state index contributed by atoms with van der Waals surface area (Å²) in [6.07, 6.45) is 0. The van der Waals surface area contributed by atoms with Crippen molar-refractivity contribution in [1.82, 2.24) is 0 Å². The Morgan fingerprint density at radius 2 is 2.00 bits per heavy atom. The summed E-state index contributed by atoms with van der Waals surface area (Å²) in [4.78, 5) is 32.9. The minimum Gasteiger partial charge on any atom is -0.478 e. The van der Waals surface area contributed by atoms with Crippen molar-refractivity contribution < 1.29 is 24.0 Å². The van der Waals surface area contributed by atoms with Crippen LogP contribution in [0.25, 0.3) is 0 Å². The van der Waals surface area contributed by atoms with Gasteiger partial charge in [-0.2, -0.15) is 0 Å². The van der Waals surface area contributed by atoms with Gasteiger partial charge in [-0.05, 0) is 23.6 Å². The molecule has 0 unspecified atom stereocenters. The molecule has 108 valence electrons. The largest absolute Gasteiger partial charge is 0.478 e. The van der Waals surface area contributed by atoms with E-state index in [-0.39, 0.29) is 16.1 Å². The SMILES string of the molecule is O=C(Nc1sccc1C(=O)O)c1ccc(F)cc1[N+](=O)[O-]. The van der Waals surface area contributed by atoms with Gasteiger partial charge in [0.1, 0.15) is 16.4 Å². The van der Waals surface area contributed by atoms with Crippen LogP contribution in [0.5, 0.6) is 0 Å². The number of rotatable bonds is 4. The number of nitrogens with one attached hydrogen (secondary N) is 1. The average molecular weight is 310 g/mol. The summed E-state index contributed by atoms with van der Waals surface area (Å²) < 4.78 is 13.0. The fourth-order valence-corrected chi connectivity index (χ4v) is 2.37. The van der Waals surface area contributed by atoms with Gasteiger partial charge in [0.15, 0.2) is 0 Å². The summed E-state index contributed by atoms with van der Waals surface area (Å²) in [7, 11) is 0. The van der Waals surface area contributed by atoms with Crippen LogP contribution in [-0.2, 0) is 0 Å². The molecule has 0 saturated carbocycles. The summed E-state index contributed by atoms with van der Waals surface area (Å²) >= 11 is 0.962. The molecule has 0 atom stereocenters. The molecule has 0 fully saturated rings. The highest BCUT2D eigenvalue weighted by atomic mass is 32.1. The molecule has 1 aromatic heterocycles. The van der Waals surface area contributed by atoms with Crippen LogP contribution in [0.2, 0.25) is 0 Å². The van der Waals surface area contributed by atoms with E-state index in [0.717, 1.165) is 23.5 Å². The molecule has 0 spiro atoms. The van der Waals surface area contributed by atoms with E-state index in [1.54, 1.807) is 0 Å². The van der Waals surface area contributed by atoms with E-state index in [2.05, 4.69) is 5.32 Å². The maximum atomic E-state index is 13.0. The number of nitro benzene ring substituents is 1. The number of amides is 1. The zero-order chi connectivity index (χ0) is 15.6. The molecule has 0 aliphatic heterocycles. The molecule has 1 amide bonds. The van der Waals surface area contributed by atoms with Gasteiger partial charge >= 0.3 is 5.97 Å². The van der Waals surface area contributed by atoms with E-state index in [1.807, 2.05) is 0 Å². The Hall–Kier alpha value is -2.81. The maximum absolute atomic E-state index is 13.0. The smallest absolute Gasteiger partial charge is 0.338 e. The van der Waals surface area contributed by atoms with Crippen LogP contribution in [0, 0.1) is 15.9 Å². The standard InChI is InChI=1S/C12H7FN2O5S/c13-6-1-2-7(9(5-6)15(19)20)10(16)14-11-8(12(17)18)3-4-21-11/h1-5H,(H,14,16)(H,17,18). The number of carboxylic acids is 1. The average Bonchev–Trinajstić information content (AvgIpc) is 2.86. The van der Waals surface area contributed by atoms with Gasteiger partial charge in [0, 0.05) is 0 Å². The molecule has 2 aromatic rings. The predicted molar refractivity (Wildman–Crippen MR) is 72.3 cm³/mol. The molecule has 7 nitrogen and oxygen atoms in total. The van der Waals surface area contributed by atoms with Crippen LogP contribution in [0.3, 0.4) is 0 Å². The number of benzene rings is 1. The number of carboxylic acid groups (broad SMARTS) is 1. The van der Waals surface area contributed by atoms with E-state index < -0.39 is 28.3 Å². The molecule has 0 aliphatic rings. The van der Waals surface area contributed by atoms with E-state index in [4.69, 9.17) is 5.11 Å². The Labute approximate surface area is 120 Å². The predicted octanol–water partition coefficient (Wildman–Crippen LogP) is 2.75. The van der Waals surface area contributed by atoms with Gasteiger partial charge in [0.05, 0.1) is 16.6 Å². The van der Waals surface area contributed by atoms with Crippen molar-refractivity contribution in [3.8, 4) is 0 Å². The third-order valence-corrected chi connectivity index (χ3v) is 3.35. The first-order valence-electron chi connectivity index (χ1n) is 5.46. The van der Waals surface area contributed by atoms with Crippen molar-refractivity contribution in [2.75, 3.05) is 5.32 Å². The summed E-state index contributed by atoms with van der Waals surface area (Å²) in [5.74, 6) is -2.97. The van der Waals surface area contributed by atoms with Gasteiger partial charge in [-0.1, -0.05) is 0 Å². The highest BCUT2D eigenvalue weighted by Gasteiger charge is 2.23. The van der Waals surface area contributed by atoms with Crippen molar-refractivity contribution in [3.63, 3.8) is 0 Å². The number of hydrogen-bond acceptors (Lipinski definition) is 5. The first-order valence-corrected chi connectivity index (χ1v) is 6.34. The van der Waals surface area contributed by atoms with Crippen molar-refractivity contribution in [3.05, 3.63) is 56.7 Å². The third-order valence-electron chi connectivity index (χ3n) is 2.52. The Bertz CT molecular complexity index is 743. The van der Waals surface area contributed by atoms with Crippen LogP contribution in [0.4, 0.5) is 15.1 Å². The second kappa shape index (κ2) is 5.67. The lowest BCUT2D eigenvalue weighted by Gasteiger charge is -2.05. The third kappa shape index (κ3) is 3.03. The first-order chi connectivity index (χ1) is 9.90. The monoisotopic (exact) mass is 310 g/mol. The number of nitrogens with zero attached hydrogens (tertiary/aromatic N) is 1. The number of hydrogen-bond donors (Lipinski definition) is 2. The number of carbonyl (C=O) groups excluding carboxylic acids is 1. The molecule has 0 aliphatic carbocycles. The van der Waals surface area contributed by atoms with Gasteiger partial charge in [-0.15, -0.1) is 11.3 Å². The van der Waals surface area contributed by atoms with E-state index in [9.17, 15) is 24.1 Å². The van der Waals surface area contributed by atoms with E-state index >= 15 is 0 Å². The molecule has 1 heterocycles. The number of halogens is 1. The Morgan fingerprint density at radius 1 is 1.29 bits per heavy atom. The van der Waals surface area contributed by atoms with Gasteiger partial charge in [0.2, 0.25) is 0 Å². The molecule has 0 saturated heterocycles. The molecule has 0 radical (unpaired) electrons. The van der Waals surface area contributed by atoms with Crippen LogP contribution in [0.1, 0.15) is 20.7 Å². The van der Waals surface area contributed by atoms with Gasteiger partial charge in [-0.25, -0.2) is 9.18 Å². The molecular weight excluding hydrogens is 303 g/mol. The number of nitro groups is 1. The molecule has 2 N–H and O–H groups in total. The van der Waals surface area contributed by atoms with Gasteiger partial charge in [0.25, 0.3) is 11.6 Å². The zero-order valence-electron chi connectivity index (χ0n) is 10.2. The van der Waals surface area contributed by atoms with Crippen LogP contribution in [0.15, 0.2) is 29.6 Å². The summed E-state index contributed by atoms with van der Waals surface area (Å²) in [6.45, 7) is 0. The number of aromatic carboxylic acids is 1. The quantitative estimate of drug-likeness (QED) is 0.666. The molecule has 0 bridgehead atoms. The van der Waals surface area contributed by atoms with E-state index in [1.165, 1.54) is 11.4 Å². The Kier molecular flexibility index (Phi) is 3.94. The topological polar surface area (TPSA) is 110 Å². The molecular formula is C12H7FN2O5S.